The van der Waals surface area contributed by atoms with E-state index >= 15 is 0 Å². The Hall–Kier alpha value is -1.65. The third-order valence-electron chi connectivity index (χ3n) is 5.15. The molecule has 132 valence electrons. The van der Waals surface area contributed by atoms with Crippen molar-refractivity contribution in [2.75, 3.05) is 5.32 Å². The smallest absolute Gasteiger partial charge is 0.128 e. The minimum Gasteiger partial charge on any atom is -0.370 e. The molecule has 4 nitrogen and oxygen atoms in total. The van der Waals surface area contributed by atoms with Crippen molar-refractivity contribution in [3.8, 4) is 0 Å². The summed E-state index contributed by atoms with van der Waals surface area (Å²) >= 11 is 12.2. The molecule has 1 aliphatic carbocycles. The van der Waals surface area contributed by atoms with E-state index in [4.69, 9.17) is 28.2 Å². The van der Waals surface area contributed by atoms with Crippen molar-refractivity contribution in [2.45, 2.75) is 44.2 Å². The number of halogens is 2. The predicted octanol–water partition coefficient (Wildman–Crippen LogP) is 5.28. The second kappa shape index (κ2) is 6.58. The molecule has 1 aliphatic heterocycles. The lowest BCUT2D eigenvalue weighted by atomic mass is 9.79. The molecule has 2 heterocycles. The second-order valence-electron chi connectivity index (χ2n) is 7.05. The number of aryl methyl sites for hydroxylation is 1. The van der Waals surface area contributed by atoms with Crippen LogP contribution in [0.25, 0.3) is 0 Å². The van der Waals surface area contributed by atoms with Crippen molar-refractivity contribution in [3.05, 3.63) is 46.2 Å². The zero-order valence-electron chi connectivity index (χ0n) is 14.3. The largest absolute Gasteiger partial charge is 0.370 e. The number of aliphatic imine (C=N–C) groups is 1. The number of fused-ring (bicyclic) bond motifs is 1. The van der Waals surface area contributed by atoms with Gasteiger partial charge in [-0.1, -0.05) is 48.5 Å². The Morgan fingerprint density at radius 3 is 2.72 bits per heavy atom. The van der Waals surface area contributed by atoms with Gasteiger partial charge in [0, 0.05) is 26.0 Å². The first-order chi connectivity index (χ1) is 12.1. The Labute approximate surface area is 158 Å². The molecule has 1 fully saturated rings. The fraction of sp³-hybridized carbons (Fsp3) is 0.421. The normalized spacial score (nSPS) is 18.4. The Morgan fingerprint density at radius 2 is 1.96 bits per heavy atom. The first-order valence-electron chi connectivity index (χ1n) is 8.77. The molecule has 0 atom stereocenters. The third kappa shape index (κ3) is 3.25. The monoisotopic (exact) mass is 376 g/mol. The van der Waals surface area contributed by atoms with E-state index in [1.54, 1.807) is 0 Å². The summed E-state index contributed by atoms with van der Waals surface area (Å²) in [7, 11) is 2.03. The van der Waals surface area contributed by atoms with Crippen molar-refractivity contribution in [1.82, 2.24) is 9.88 Å². The van der Waals surface area contributed by atoms with E-state index in [0.29, 0.717) is 16.6 Å². The number of nitrogens with one attached hydrogen (secondary N) is 2. The predicted molar refractivity (Wildman–Crippen MR) is 105 cm³/mol. The van der Waals surface area contributed by atoms with Gasteiger partial charge in [0.2, 0.25) is 0 Å². The van der Waals surface area contributed by atoms with Gasteiger partial charge in [0.15, 0.2) is 0 Å². The first-order valence-corrected chi connectivity index (χ1v) is 9.52. The van der Waals surface area contributed by atoms with Gasteiger partial charge in [-0.3, -0.25) is 0 Å². The highest BCUT2D eigenvalue weighted by Crippen LogP contribution is 2.40. The zero-order chi connectivity index (χ0) is 17.4. The fourth-order valence-corrected chi connectivity index (χ4v) is 4.18. The molecular formula is C19H22Cl2N4. The number of nitrogens with zero attached hydrogens (tertiary/aromatic N) is 2. The van der Waals surface area contributed by atoms with Crippen LogP contribution in [0.4, 0.5) is 11.4 Å². The number of hydrogen-bond acceptors (Lipinski definition) is 3. The van der Waals surface area contributed by atoms with E-state index < -0.39 is 0 Å². The molecule has 0 amide bonds. The Morgan fingerprint density at radius 1 is 1.16 bits per heavy atom. The fourth-order valence-electron chi connectivity index (χ4n) is 3.86. The van der Waals surface area contributed by atoms with Crippen LogP contribution in [-0.2, 0) is 13.6 Å². The van der Waals surface area contributed by atoms with Gasteiger partial charge in [-0.15, -0.1) is 0 Å². The second-order valence-corrected chi connectivity index (χ2v) is 7.87. The van der Waals surface area contributed by atoms with Gasteiger partial charge in [0.1, 0.15) is 11.5 Å². The minimum absolute atomic E-state index is 0.0805. The van der Waals surface area contributed by atoms with Gasteiger partial charge in [0.25, 0.3) is 0 Å². The van der Waals surface area contributed by atoms with Crippen LogP contribution >= 0.6 is 23.2 Å². The molecule has 1 aromatic carbocycles. The van der Waals surface area contributed by atoms with Crippen molar-refractivity contribution < 1.29 is 0 Å². The zero-order valence-corrected chi connectivity index (χ0v) is 15.8. The highest BCUT2D eigenvalue weighted by atomic mass is 35.5. The van der Waals surface area contributed by atoms with Gasteiger partial charge in [-0.05, 0) is 30.5 Å². The Balaban J connectivity index is 1.61. The topological polar surface area (TPSA) is 41.4 Å². The highest BCUT2D eigenvalue weighted by Gasteiger charge is 2.40. The molecule has 0 saturated heterocycles. The molecule has 2 N–H and O–H groups in total. The average Bonchev–Trinajstić information content (AvgIpc) is 2.95. The average molecular weight is 377 g/mol. The molecule has 2 aliphatic rings. The maximum atomic E-state index is 6.14. The number of anilines is 1. The Kier molecular flexibility index (Phi) is 4.42. The van der Waals surface area contributed by atoms with Crippen LogP contribution in [0.2, 0.25) is 10.0 Å². The maximum absolute atomic E-state index is 6.14. The highest BCUT2D eigenvalue weighted by molar-refractivity contribution is 6.42. The minimum atomic E-state index is -0.0805. The Bertz CT molecular complexity index is 819. The van der Waals surface area contributed by atoms with Crippen molar-refractivity contribution in [2.24, 2.45) is 12.0 Å². The summed E-state index contributed by atoms with van der Waals surface area (Å²) in [4.78, 5) is 4.96. The van der Waals surface area contributed by atoms with Gasteiger partial charge in [-0.2, -0.15) is 0 Å². The number of hydrogen-bond donors (Lipinski definition) is 2. The van der Waals surface area contributed by atoms with Crippen molar-refractivity contribution in [3.63, 3.8) is 0 Å². The lowest BCUT2D eigenvalue weighted by Crippen LogP contribution is -2.54. The maximum Gasteiger partial charge on any atom is 0.128 e. The molecule has 1 aromatic heterocycles. The molecule has 2 aromatic rings. The molecule has 25 heavy (non-hydrogen) atoms. The molecule has 4 rings (SSSR count). The van der Waals surface area contributed by atoms with E-state index in [9.17, 15) is 0 Å². The lowest BCUT2D eigenvalue weighted by Gasteiger charge is -2.42. The van der Waals surface area contributed by atoms with Crippen LogP contribution in [0.15, 0.2) is 35.6 Å². The number of amidine groups is 1. The van der Waals surface area contributed by atoms with Crippen LogP contribution in [0, 0.1) is 0 Å². The summed E-state index contributed by atoms with van der Waals surface area (Å²) in [6.07, 6.45) is 10.1. The van der Waals surface area contributed by atoms with E-state index in [0.717, 1.165) is 35.6 Å². The third-order valence-corrected chi connectivity index (χ3v) is 5.88. The standard InChI is InChI=1S/C19H22Cl2N4/c1-25-11-16-17(12-25)24-19(7-3-2-4-8-19)18(23-16)22-10-13-5-6-14(20)15(21)9-13/h5-6,9,11-12,24H,2-4,7-8,10H2,1H3,(H,22,23). The van der Waals surface area contributed by atoms with Crippen molar-refractivity contribution in [1.29, 1.82) is 0 Å². The van der Waals surface area contributed by atoms with Gasteiger partial charge in [0.05, 0.1) is 21.3 Å². The van der Waals surface area contributed by atoms with Crippen LogP contribution in [0.3, 0.4) is 0 Å². The molecule has 0 unspecified atom stereocenters. The molecule has 6 heteroatoms. The van der Waals surface area contributed by atoms with E-state index in [1.807, 2.05) is 25.2 Å². The first kappa shape index (κ1) is 16.8. The van der Waals surface area contributed by atoms with Gasteiger partial charge in [-0.25, -0.2) is 4.99 Å². The summed E-state index contributed by atoms with van der Waals surface area (Å²) in [6.45, 7) is 0.682. The SMILES string of the molecule is Cn1cc2c(c1)NC1(CCCCC1)C(NCc1ccc(Cl)c(Cl)c1)=N2. The number of rotatable bonds is 2. The van der Waals surface area contributed by atoms with E-state index in [1.165, 1.54) is 19.3 Å². The number of benzene rings is 1. The molecule has 0 radical (unpaired) electrons. The van der Waals surface area contributed by atoms with Crippen LogP contribution in [0.1, 0.15) is 37.7 Å². The van der Waals surface area contributed by atoms with E-state index in [-0.39, 0.29) is 5.54 Å². The quantitative estimate of drug-likeness (QED) is 0.748. The lowest BCUT2D eigenvalue weighted by molar-refractivity contribution is 0.396. The summed E-state index contributed by atoms with van der Waals surface area (Å²) < 4.78 is 2.06. The van der Waals surface area contributed by atoms with E-state index in [2.05, 4.69) is 27.6 Å². The van der Waals surface area contributed by atoms with Crippen LogP contribution in [-0.4, -0.2) is 15.9 Å². The van der Waals surface area contributed by atoms with Crippen molar-refractivity contribution >= 4 is 40.4 Å². The molecule has 1 saturated carbocycles. The summed E-state index contributed by atoms with van der Waals surface area (Å²) in [5, 5.41) is 8.52. The summed E-state index contributed by atoms with van der Waals surface area (Å²) in [5.74, 6) is 1.04. The van der Waals surface area contributed by atoms with Gasteiger partial charge >= 0.3 is 0 Å². The summed E-state index contributed by atoms with van der Waals surface area (Å²) in [5.41, 5.74) is 3.14. The molecule has 1 spiro atoms. The van der Waals surface area contributed by atoms with Gasteiger partial charge < -0.3 is 15.2 Å². The van der Waals surface area contributed by atoms with Crippen LogP contribution in [0.5, 0.6) is 0 Å². The van der Waals surface area contributed by atoms with Crippen LogP contribution < -0.4 is 10.6 Å². The molecule has 0 bridgehead atoms. The summed E-state index contributed by atoms with van der Waals surface area (Å²) in [6, 6.07) is 5.75. The molecular weight excluding hydrogens is 355 g/mol. The number of aromatic nitrogens is 1.